The Bertz CT molecular complexity index is 867. The predicted molar refractivity (Wildman–Crippen MR) is 106 cm³/mol. The summed E-state index contributed by atoms with van der Waals surface area (Å²) in [7, 11) is 0. The maximum atomic E-state index is 12.6. The van der Waals surface area contributed by atoms with E-state index < -0.39 is 23.8 Å². The van der Waals surface area contributed by atoms with E-state index in [0.717, 1.165) is 0 Å². The fourth-order valence-corrected chi connectivity index (χ4v) is 2.86. The van der Waals surface area contributed by atoms with E-state index in [4.69, 9.17) is 28.9 Å². The zero-order chi connectivity index (χ0) is 20.1. The minimum atomic E-state index is -0.792. The summed E-state index contributed by atoms with van der Waals surface area (Å²) in [4.78, 5) is 36.2. The fraction of sp³-hybridized carbons (Fsp3) is 0.211. The lowest BCUT2D eigenvalue weighted by molar-refractivity contribution is -0.118. The van der Waals surface area contributed by atoms with Gasteiger partial charge >= 0.3 is 0 Å². The monoisotopic (exact) mass is 407 g/mol. The number of carbonyl (C=O) groups excluding carboxylic acids is 3. The van der Waals surface area contributed by atoms with Gasteiger partial charge in [-0.3, -0.25) is 14.4 Å². The highest BCUT2D eigenvalue weighted by molar-refractivity contribution is 6.36. The molecule has 142 valence electrons. The van der Waals surface area contributed by atoms with Crippen LogP contribution in [0.3, 0.4) is 0 Å². The molecule has 4 N–H and O–H groups in total. The van der Waals surface area contributed by atoms with Gasteiger partial charge in [-0.05, 0) is 48.4 Å². The molecule has 0 bridgehead atoms. The van der Waals surface area contributed by atoms with Crippen molar-refractivity contribution in [3.63, 3.8) is 0 Å². The lowest BCUT2D eigenvalue weighted by Crippen LogP contribution is -2.47. The lowest BCUT2D eigenvalue weighted by Gasteiger charge is -2.22. The molecule has 0 aliphatic heterocycles. The quantitative estimate of drug-likeness (QED) is 0.682. The van der Waals surface area contributed by atoms with E-state index in [1.165, 1.54) is 24.3 Å². The second-order valence-electron chi connectivity index (χ2n) is 6.25. The Morgan fingerprint density at radius 1 is 1.00 bits per heavy atom. The van der Waals surface area contributed by atoms with Crippen LogP contribution in [0.1, 0.15) is 34.6 Å². The zero-order valence-corrected chi connectivity index (χ0v) is 16.3. The predicted octanol–water partition coefficient (Wildman–Crippen LogP) is 3.49. The molecule has 0 unspecified atom stereocenters. The first kappa shape index (κ1) is 20.7. The number of benzene rings is 2. The molecule has 0 aliphatic rings. The number of halogens is 2. The van der Waals surface area contributed by atoms with Gasteiger partial charge in [0.25, 0.3) is 5.91 Å². The van der Waals surface area contributed by atoms with Gasteiger partial charge in [0.15, 0.2) is 0 Å². The van der Waals surface area contributed by atoms with Crippen LogP contribution in [0.25, 0.3) is 0 Å². The van der Waals surface area contributed by atoms with Crippen molar-refractivity contribution in [2.45, 2.75) is 19.9 Å². The number of nitrogens with two attached hydrogens (primary N) is 1. The Hall–Kier alpha value is -2.57. The first-order valence-corrected chi connectivity index (χ1v) is 8.91. The minimum Gasteiger partial charge on any atom is -0.366 e. The van der Waals surface area contributed by atoms with Gasteiger partial charge in [-0.15, -0.1) is 0 Å². The molecule has 2 rings (SSSR count). The Kier molecular flexibility index (Phi) is 6.82. The van der Waals surface area contributed by atoms with Crippen molar-refractivity contribution in [1.29, 1.82) is 0 Å². The molecule has 0 heterocycles. The van der Waals surface area contributed by atoms with E-state index in [-0.39, 0.29) is 16.5 Å². The van der Waals surface area contributed by atoms with Gasteiger partial charge in [0, 0.05) is 16.3 Å². The van der Waals surface area contributed by atoms with Crippen LogP contribution in [0, 0.1) is 5.92 Å². The van der Waals surface area contributed by atoms with Gasteiger partial charge in [0.1, 0.15) is 6.04 Å². The standard InChI is InChI=1S/C19H19Cl2N3O3/c1-10(2)16(24-18(26)14-8-5-12(20)9-15(14)21)19(27)23-13-6-3-11(4-7-13)17(22)25/h3-10,16H,1-2H3,(H2,22,25)(H,23,27)(H,24,26)/t16-/m1/s1. The Morgan fingerprint density at radius 2 is 1.63 bits per heavy atom. The molecular formula is C19H19Cl2N3O3. The van der Waals surface area contributed by atoms with Gasteiger partial charge in [0.2, 0.25) is 11.8 Å². The maximum Gasteiger partial charge on any atom is 0.253 e. The van der Waals surface area contributed by atoms with E-state index in [1.807, 2.05) is 13.8 Å². The third-order valence-electron chi connectivity index (χ3n) is 3.85. The highest BCUT2D eigenvalue weighted by atomic mass is 35.5. The summed E-state index contributed by atoms with van der Waals surface area (Å²) in [6, 6.07) is 9.86. The van der Waals surface area contributed by atoms with Gasteiger partial charge in [-0.25, -0.2) is 0 Å². The molecule has 27 heavy (non-hydrogen) atoms. The molecule has 1 atom stereocenters. The van der Waals surface area contributed by atoms with Crippen LogP contribution < -0.4 is 16.4 Å². The van der Waals surface area contributed by atoms with Gasteiger partial charge in [-0.2, -0.15) is 0 Å². The maximum absolute atomic E-state index is 12.6. The number of nitrogens with one attached hydrogen (secondary N) is 2. The van der Waals surface area contributed by atoms with Crippen LogP contribution in [0.5, 0.6) is 0 Å². The van der Waals surface area contributed by atoms with E-state index >= 15 is 0 Å². The first-order valence-electron chi connectivity index (χ1n) is 8.15. The van der Waals surface area contributed by atoms with Gasteiger partial charge in [0.05, 0.1) is 10.6 Å². The van der Waals surface area contributed by atoms with Crippen LogP contribution in [-0.4, -0.2) is 23.8 Å². The molecule has 8 heteroatoms. The molecule has 6 nitrogen and oxygen atoms in total. The molecule has 0 spiro atoms. The molecule has 3 amide bonds. The Balaban J connectivity index is 2.12. The van der Waals surface area contributed by atoms with Crippen LogP contribution in [0.15, 0.2) is 42.5 Å². The number of hydrogen-bond donors (Lipinski definition) is 3. The summed E-state index contributed by atoms with van der Waals surface area (Å²) in [5.74, 6) is -1.60. The number of carbonyl (C=O) groups is 3. The van der Waals surface area contributed by atoms with Crippen LogP contribution in [-0.2, 0) is 4.79 Å². The third kappa shape index (κ3) is 5.45. The van der Waals surface area contributed by atoms with Crippen LogP contribution in [0.2, 0.25) is 10.0 Å². The Labute approximate surface area is 167 Å². The molecule has 0 fully saturated rings. The van der Waals surface area contributed by atoms with Crippen molar-refractivity contribution in [1.82, 2.24) is 5.32 Å². The summed E-state index contributed by atoms with van der Waals surface area (Å²) >= 11 is 11.9. The van der Waals surface area contributed by atoms with Crippen LogP contribution >= 0.6 is 23.2 Å². The summed E-state index contributed by atoms with van der Waals surface area (Å²) in [5, 5.41) is 6.01. The van der Waals surface area contributed by atoms with E-state index in [0.29, 0.717) is 16.3 Å². The van der Waals surface area contributed by atoms with Crippen molar-refractivity contribution >= 4 is 46.6 Å². The summed E-state index contributed by atoms with van der Waals surface area (Å²) in [6.45, 7) is 3.62. The topological polar surface area (TPSA) is 101 Å². The smallest absolute Gasteiger partial charge is 0.253 e. The Morgan fingerprint density at radius 3 is 2.15 bits per heavy atom. The normalized spacial score (nSPS) is 11.7. The fourth-order valence-electron chi connectivity index (χ4n) is 2.37. The van der Waals surface area contributed by atoms with Crippen molar-refractivity contribution in [2.24, 2.45) is 11.7 Å². The van der Waals surface area contributed by atoms with Crippen molar-refractivity contribution in [3.05, 3.63) is 63.6 Å². The number of amides is 3. The van der Waals surface area contributed by atoms with Crippen molar-refractivity contribution in [2.75, 3.05) is 5.32 Å². The second kappa shape index (κ2) is 8.88. The number of rotatable bonds is 6. The molecule has 0 aromatic heterocycles. The first-order chi connectivity index (χ1) is 12.7. The number of primary amides is 1. The largest absolute Gasteiger partial charge is 0.366 e. The molecule has 0 radical (unpaired) electrons. The number of anilines is 1. The molecule has 0 aliphatic carbocycles. The molecular weight excluding hydrogens is 389 g/mol. The summed E-state index contributed by atoms with van der Waals surface area (Å²) in [6.07, 6.45) is 0. The summed E-state index contributed by atoms with van der Waals surface area (Å²) < 4.78 is 0. The van der Waals surface area contributed by atoms with Gasteiger partial charge < -0.3 is 16.4 Å². The van der Waals surface area contributed by atoms with E-state index in [1.54, 1.807) is 18.2 Å². The SMILES string of the molecule is CC(C)[C@@H](NC(=O)c1ccc(Cl)cc1Cl)C(=O)Nc1ccc(C(N)=O)cc1. The lowest BCUT2D eigenvalue weighted by atomic mass is 10.0. The zero-order valence-electron chi connectivity index (χ0n) is 14.8. The number of hydrogen-bond acceptors (Lipinski definition) is 3. The third-order valence-corrected chi connectivity index (χ3v) is 4.40. The molecule has 2 aromatic rings. The van der Waals surface area contributed by atoms with E-state index in [2.05, 4.69) is 10.6 Å². The molecule has 0 saturated carbocycles. The second-order valence-corrected chi connectivity index (χ2v) is 7.09. The highest BCUT2D eigenvalue weighted by Crippen LogP contribution is 2.21. The average Bonchev–Trinajstić information content (AvgIpc) is 2.59. The van der Waals surface area contributed by atoms with Crippen LogP contribution in [0.4, 0.5) is 5.69 Å². The molecule has 2 aromatic carbocycles. The average molecular weight is 408 g/mol. The minimum absolute atomic E-state index is 0.176. The molecule has 0 saturated heterocycles. The summed E-state index contributed by atoms with van der Waals surface area (Å²) in [5.41, 5.74) is 6.23. The van der Waals surface area contributed by atoms with Crippen molar-refractivity contribution in [3.8, 4) is 0 Å². The van der Waals surface area contributed by atoms with Gasteiger partial charge in [-0.1, -0.05) is 37.0 Å². The highest BCUT2D eigenvalue weighted by Gasteiger charge is 2.25. The van der Waals surface area contributed by atoms with E-state index in [9.17, 15) is 14.4 Å². The van der Waals surface area contributed by atoms with Crippen molar-refractivity contribution < 1.29 is 14.4 Å².